The van der Waals surface area contributed by atoms with E-state index in [1.54, 1.807) is 0 Å². The maximum absolute atomic E-state index is 10.5. The lowest BCUT2D eigenvalue weighted by Crippen LogP contribution is -2.35. The predicted octanol–water partition coefficient (Wildman–Crippen LogP) is 3.60. The van der Waals surface area contributed by atoms with E-state index in [0.717, 1.165) is 42.6 Å². The molecule has 0 aromatic heterocycles. The van der Waals surface area contributed by atoms with Gasteiger partial charge in [-0.1, -0.05) is 0 Å². The van der Waals surface area contributed by atoms with Gasteiger partial charge in [-0.2, -0.15) is 0 Å². The summed E-state index contributed by atoms with van der Waals surface area (Å²) < 4.78 is 12.0. The van der Waals surface area contributed by atoms with Crippen molar-refractivity contribution in [1.82, 2.24) is 0 Å². The van der Waals surface area contributed by atoms with Gasteiger partial charge in [0, 0.05) is 11.1 Å². The van der Waals surface area contributed by atoms with Gasteiger partial charge in [-0.3, -0.25) is 0 Å². The summed E-state index contributed by atoms with van der Waals surface area (Å²) in [6.07, 6.45) is 3.63. The Balaban J connectivity index is 2.08. The monoisotopic (exact) mass is 262 g/mol. The van der Waals surface area contributed by atoms with E-state index in [1.165, 1.54) is 0 Å². The molecule has 0 atom stereocenters. The molecular weight excluding hydrogens is 240 g/mol. The summed E-state index contributed by atoms with van der Waals surface area (Å²) in [7, 11) is 0. The van der Waals surface area contributed by atoms with Gasteiger partial charge in [-0.05, 0) is 59.4 Å². The van der Waals surface area contributed by atoms with Crippen LogP contribution < -0.4 is 9.47 Å². The number of ether oxygens (including phenoxy) is 2. The van der Waals surface area contributed by atoms with Gasteiger partial charge in [0.2, 0.25) is 0 Å². The Hall–Kier alpha value is -1.38. The van der Waals surface area contributed by atoms with Gasteiger partial charge in [0.15, 0.2) is 11.5 Å². The van der Waals surface area contributed by atoms with Crippen LogP contribution in [-0.2, 0) is 12.8 Å². The minimum absolute atomic E-state index is 0.150. The normalized spacial score (nSPS) is 22.7. The molecule has 2 aliphatic heterocycles. The molecule has 1 N–H and O–H groups in total. The Morgan fingerprint density at radius 3 is 2.37 bits per heavy atom. The summed E-state index contributed by atoms with van der Waals surface area (Å²) in [5, 5.41) is 10.5. The second kappa shape index (κ2) is 3.81. The third kappa shape index (κ3) is 2.15. The fourth-order valence-corrected chi connectivity index (χ4v) is 2.89. The molecule has 0 amide bonds. The number of aryl methyl sites for hydroxylation is 1. The van der Waals surface area contributed by atoms with E-state index < -0.39 is 0 Å². The largest absolute Gasteiger partial charge is 0.504 e. The zero-order valence-electron chi connectivity index (χ0n) is 12.2. The van der Waals surface area contributed by atoms with Crippen molar-refractivity contribution in [1.29, 1.82) is 0 Å². The Labute approximate surface area is 114 Å². The topological polar surface area (TPSA) is 38.7 Å². The summed E-state index contributed by atoms with van der Waals surface area (Å²) in [5.41, 5.74) is 1.61. The molecule has 1 aromatic rings. The number of rotatable bonds is 0. The molecule has 0 saturated heterocycles. The van der Waals surface area contributed by atoms with Crippen LogP contribution >= 0.6 is 0 Å². The van der Waals surface area contributed by atoms with Crippen molar-refractivity contribution in [3.05, 3.63) is 17.2 Å². The highest BCUT2D eigenvalue weighted by atomic mass is 16.5. The lowest BCUT2D eigenvalue weighted by atomic mass is 9.89. The quantitative estimate of drug-likeness (QED) is 0.776. The molecule has 2 heterocycles. The van der Waals surface area contributed by atoms with Crippen LogP contribution in [0.5, 0.6) is 17.2 Å². The number of phenols is 1. The van der Waals surface area contributed by atoms with E-state index >= 15 is 0 Å². The number of fused-ring (bicyclic) bond motifs is 2. The summed E-state index contributed by atoms with van der Waals surface area (Å²) in [5.74, 6) is 1.78. The Kier molecular flexibility index (Phi) is 2.54. The van der Waals surface area contributed by atoms with E-state index in [4.69, 9.17) is 9.47 Å². The van der Waals surface area contributed by atoms with E-state index in [1.807, 2.05) is 0 Å². The zero-order chi connectivity index (χ0) is 13.8. The lowest BCUT2D eigenvalue weighted by molar-refractivity contribution is 0.0709. The van der Waals surface area contributed by atoms with Crippen LogP contribution in [0.3, 0.4) is 0 Å². The molecule has 1 aromatic carbocycles. The average molecular weight is 262 g/mol. The SMILES string of the molecule is CC1(C)CCc2c(cc3c(c2O)OC(C)(C)CC3)O1. The van der Waals surface area contributed by atoms with Crippen molar-refractivity contribution < 1.29 is 14.6 Å². The third-order valence-electron chi connectivity index (χ3n) is 4.13. The molecule has 0 spiro atoms. The van der Waals surface area contributed by atoms with E-state index in [2.05, 4.69) is 33.8 Å². The van der Waals surface area contributed by atoms with E-state index in [0.29, 0.717) is 5.75 Å². The van der Waals surface area contributed by atoms with Crippen molar-refractivity contribution in [3.8, 4) is 17.2 Å². The average Bonchev–Trinajstić information content (AvgIpc) is 2.28. The maximum atomic E-state index is 10.5. The van der Waals surface area contributed by atoms with Crippen LogP contribution in [0.1, 0.15) is 51.7 Å². The highest BCUT2D eigenvalue weighted by molar-refractivity contribution is 5.59. The third-order valence-corrected chi connectivity index (χ3v) is 4.13. The van der Waals surface area contributed by atoms with Crippen LogP contribution in [0.15, 0.2) is 6.07 Å². The summed E-state index contributed by atoms with van der Waals surface area (Å²) >= 11 is 0. The minimum Gasteiger partial charge on any atom is -0.504 e. The lowest BCUT2D eigenvalue weighted by Gasteiger charge is -2.37. The molecule has 0 unspecified atom stereocenters. The van der Waals surface area contributed by atoms with Gasteiger partial charge in [0.25, 0.3) is 0 Å². The molecule has 104 valence electrons. The number of hydrogen-bond donors (Lipinski definition) is 1. The predicted molar refractivity (Wildman–Crippen MR) is 74.2 cm³/mol. The van der Waals surface area contributed by atoms with Crippen molar-refractivity contribution in [2.24, 2.45) is 0 Å². The summed E-state index contributed by atoms with van der Waals surface area (Å²) in [6, 6.07) is 2.06. The fourth-order valence-electron chi connectivity index (χ4n) is 2.89. The van der Waals surface area contributed by atoms with Crippen LogP contribution in [-0.4, -0.2) is 16.3 Å². The van der Waals surface area contributed by atoms with Crippen molar-refractivity contribution in [3.63, 3.8) is 0 Å². The number of phenolic OH excluding ortho intramolecular Hbond substituents is 1. The first kappa shape index (κ1) is 12.6. The Morgan fingerprint density at radius 1 is 1.00 bits per heavy atom. The molecule has 0 saturated carbocycles. The molecule has 3 nitrogen and oxygen atoms in total. The zero-order valence-corrected chi connectivity index (χ0v) is 12.2. The molecule has 3 heteroatoms. The molecule has 19 heavy (non-hydrogen) atoms. The van der Waals surface area contributed by atoms with Crippen LogP contribution in [0.25, 0.3) is 0 Å². The Bertz CT molecular complexity index is 529. The number of hydrogen-bond acceptors (Lipinski definition) is 3. The molecule has 3 rings (SSSR count). The van der Waals surface area contributed by atoms with Crippen LogP contribution in [0.2, 0.25) is 0 Å². The molecule has 0 radical (unpaired) electrons. The first-order valence-corrected chi connectivity index (χ1v) is 7.03. The van der Waals surface area contributed by atoms with Gasteiger partial charge < -0.3 is 14.6 Å². The van der Waals surface area contributed by atoms with E-state index in [9.17, 15) is 5.11 Å². The van der Waals surface area contributed by atoms with Gasteiger partial charge in [0.05, 0.1) is 0 Å². The Morgan fingerprint density at radius 2 is 1.63 bits per heavy atom. The number of benzene rings is 1. The molecule has 0 fully saturated rings. The second-order valence-electron chi connectivity index (χ2n) is 6.91. The van der Waals surface area contributed by atoms with Crippen molar-refractivity contribution >= 4 is 0 Å². The first-order valence-electron chi connectivity index (χ1n) is 7.03. The first-order chi connectivity index (χ1) is 8.77. The molecular formula is C16H22O3. The van der Waals surface area contributed by atoms with Crippen LogP contribution in [0, 0.1) is 0 Å². The highest BCUT2D eigenvalue weighted by Gasteiger charge is 2.34. The smallest absolute Gasteiger partial charge is 0.165 e. The van der Waals surface area contributed by atoms with Crippen molar-refractivity contribution in [2.45, 2.75) is 64.6 Å². The van der Waals surface area contributed by atoms with Crippen molar-refractivity contribution in [2.75, 3.05) is 0 Å². The maximum Gasteiger partial charge on any atom is 0.165 e. The summed E-state index contributed by atoms with van der Waals surface area (Å²) in [6.45, 7) is 8.31. The minimum atomic E-state index is -0.201. The highest BCUT2D eigenvalue weighted by Crippen LogP contribution is 2.48. The standard InChI is InChI=1S/C16H22O3/c1-15(2)8-6-11-12(18-15)9-10-5-7-16(3,4)19-14(10)13(11)17/h9,17H,5-8H2,1-4H3. The molecule has 2 aliphatic rings. The van der Waals surface area contributed by atoms with Gasteiger partial charge >= 0.3 is 0 Å². The second-order valence-corrected chi connectivity index (χ2v) is 6.91. The summed E-state index contributed by atoms with van der Waals surface area (Å²) in [4.78, 5) is 0. The fraction of sp³-hybridized carbons (Fsp3) is 0.625. The van der Waals surface area contributed by atoms with E-state index in [-0.39, 0.29) is 17.0 Å². The molecule has 0 bridgehead atoms. The molecule has 0 aliphatic carbocycles. The number of aromatic hydroxyl groups is 1. The van der Waals surface area contributed by atoms with Gasteiger partial charge in [-0.25, -0.2) is 0 Å². The van der Waals surface area contributed by atoms with Gasteiger partial charge in [-0.15, -0.1) is 0 Å². The van der Waals surface area contributed by atoms with Gasteiger partial charge in [0.1, 0.15) is 17.0 Å². The van der Waals surface area contributed by atoms with Crippen LogP contribution in [0.4, 0.5) is 0 Å².